The molecule has 0 aliphatic carbocycles. The van der Waals surface area contributed by atoms with Crippen LogP contribution in [0.4, 0.5) is 0 Å². The van der Waals surface area contributed by atoms with Crippen molar-refractivity contribution in [3.05, 3.63) is 64.7 Å². The standard InChI is InChI=1S/C23H30N4O2/c1-17-6-11-20(21(13-17)29-3)15-26-23(24-2)25-14-18-7-9-19(10-8-18)16-27-12-4-5-22(27)28/h6-11,13H,4-5,12,14-16H2,1-3H3,(H2,24,25,26). The summed E-state index contributed by atoms with van der Waals surface area (Å²) in [5, 5.41) is 6.67. The van der Waals surface area contributed by atoms with E-state index in [2.05, 4.69) is 58.9 Å². The Kier molecular flexibility index (Phi) is 7.11. The maximum absolute atomic E-state index is 11.8. The average molecular weight is 395 g/mol. The number of hydrogen-bond acceptors (Lipinski definition) is 3. The Morgan fingerprint density at radius 2 is 1.83 bits per heavy atom. The van der Waals surface area contributed by atoms with Crippen molar-refractivity contribution in [3.63, 3.8) is 0 Å². The Morgan fingerprint density at radius 1 is 1.10 bits per heavy atom. The number of carbonyl (C=O) groups is 1. The smallest absolute Gasteiger partial charge is 0.222 e. The van der Waals surface area contributed by atoms with Gasteiger partial charge in [0.15, 0.2) is 5.96 Å². The van der Waals surface area contributed by atoms with E-state index in [1.54, 1.807) is 14.2 Å². The van der Waals surface area contributed by atoms with E-state index >= 15 is 0 Å². The molecule has 154 valence electrons. The van der Waals surface area contributed by atoms with E-state index in [0.717, 1.165) is 41.4 Å². The van der Waals surface area contributed by atoms with E-state index < -0.39 is 0 Å². The van der Waals surface area contributed by atoms with Crippen LogP contribution in [0.3, 0.4) is 0 Å². The minimum atomic E-state index is 0.260. The Labute approximate surface area is 173 Å². The lowest BCUT2D eigenvalue weighted by Gasteiger charge is -2.16. The van der Waals surface area contributed by atoms with Crippen molar-refractivity contribution >= 4 is 11.9 Å². The highest BCUT2D eigenvalue weighted by atomic mass is 16.5. The topological polar surface area (TPSA) is 66.0 Å². The highest BCUT2D eigenvalue weighted by molar-refractivity contribution is 5.79. The summed E-state index contributed by atoms with van der Waals surface area (Å²) in [7, 11) is 3.45. The highest BCUT2D eigenvalue weighted by Gasteiger charge is 2.19. The first-order chi connectivity index (χ1) is 14.1. The molecule has 1 saturated heterocycles. The first-order valence-corrected chi connectivity index (χ1v) is 10.0. The summed E-state index contributed by atoms with van der Waals surface area (Å²) >= 11 is 0. The van der Waals surface area contributed by atoms with E-state index in [0.29, 0.717) is 26.1 Å². The summed E-state index contributed by atoms with van der Waals surface area (Å²) in [6.45, 7) is 4.93. The van der Waals surface area contributed by atoms with E-state index in [1.165, 1.54) is 5.56 Å². The third kappa shape index (κ3) is 5.73. The molecule has 2 aromatic carbocycles. The zero-order chi connectivity index (χ0) is 20.6. The van der Waals surface area contributed by atoms with Gasteiger partial charge in [-0.15, -0.1) is 0 Å². The summed E-state index contributed by atoms with van der Waals surface area (Å²) < 4.78 is 5.46. The minimum Gasteiger partial charge on any atom is -0.496 e. The minimum absolute atomic E-state index is 0.260. The number of carbonyl (C=O) groups excluding carboxylic acids is 1. The maximum Gasteiger partial charge on any atom is 0.222 e. The molecule has 1 aliphatic rings. The van der Waals surface area contributed by atoms with E-state index in [4.69, 9.17) is 4.74 Å². The summed E-state index contributed by atoms with van der Waals surface area (Å²) in [5.74, 6) is 1.87. The second-order valence-electron chi connectivity index (χ2n) is 7.33. The van der Waals surface area contributed by atoms with Crippen molar-refractivity contribution in [2.45, 2.75) is 39.4 Å². The van der Waals surface area contributed by atoms with Crippen molar-refractivity contribution in [3.8, 4) is 5.75 Å². The molecule has 1 amide bonds. The molecule has 2 N–H and O–H groups in total. The number of guanidine groups is 1. The van der Waals surface area contributed by atoms with E-state index in [1.807, 2.05) is 11.0 Å². The quantitative estimate of drug-likeness (QED) is 0.560. The van der Waals surface area contributed by atoms with Crippen LogP contribution in [0.5, 0.6) is 5.75 Å². The Morgan fingerprint density at radius 3 is 2.48 bits per heavy atom. The van der Waals surface area contributed by atoms with Gasteiger partial charge >= 0.3 is 0 Å². The van der Waals surface area contributed by atoms with Crippen molar-refractivity contribution in [2.75, 3.05) is 20.7 Å². The van der Waals surface area contributed by atoms with Gasteiger partial charge in [0.2, 0.25) is 5.91 Å². The van der Waals surface area contributed by atoms with E-state index in [9.17, 15) is 4.79 Å². The molecule has 6 heteroatoms. The molecule has 0 bridgehead atoms. The number of hydrogen-bond donors (Lipinski definition) is 2. The largest absolute Gasteiger partial charge is 0.496 e. The average Bonchev–Trinajstić information content (AvgIpc) is 3.14. The van der Waals surface area contributed by atoms with Gasteiger partial charge in [-0.05, 0) is 36.1 Å². The Balaban J connectivity index is 1.49. The lowest BCUT2D eigenvalue weighted by Crippen LogP contribution is -2.36. The van der Waals surface area contributed by atoms with Crippen molar-refractivity contribution in [1.29, 1.82) is 0 Å². The van der Waals surface area contributed by atoms with Gasteiger partial charge in [0.05, 0.1) is 7.11 Å². The number of nitrogens with one attached hydrogen (secondary N) is 2. The fourth-order valence-electron chi connectivity index (χ4n) is 3.44. The summed E-state index contributed by atoms with van der Waals surface area (Å²) in [6, 6.07) is 14.6. The lowest BCUT2D eigenvalue weighted by molar-refractivity contribution is -0.128. The zero-order valence-corrected chi connectivity index (χ0v) is 17.5. The van der Waals surface area contributed by atoms with Gasteiger partial charge in [-0.1, -0.05) is 36.4 Å². The van der Waals surface area contributed by atoms with Crippen LogP contribution >= 0.6 is 0 Å². The monoisotopic (exact) mass is 394 g/mol. The lowest BCUT2D eigenvalue weighted by atomic mass is 10.1. The number of amides is 1. The molecule has 2 aromatic rings. The van der Waals surface area contributed by atoms with Crippen LogP contribution in [-0.4, -0.2) is 37.5 Å². The van der Waals surface area contributed by atoms with Gasteiger partial charge in [0, 0.05) is 45.2 Å². The second-order valence-corrected chi connectivity index (χ2v) is 7.33. The SMILES string of the molecule is CN=C(NCc1ccc(CN2CCCC2=O)cc1)NCc1ccc(C)cc1OC. The summed E-state index contributed by atoms with van der Waals surface area (Å²) in [4.78, 5) is 18.0. The van der Waals surface area contributed by atoms with Gasteiger partial charge in [-0.2, -0.15) is 0 Å². The molecular formula is C23H30N4O2. The van der Waals surface area contributed by atoms with Gasteiger partial charge in [0.25, 0.3) is 0 Å². The van der Waals surface area contributed by atoms with Crippen molar-refractivity contribution < 1.29 is 9.53 Å². The number of benzene rings is 2. The summed E-state index contributed by atoms with van der Waals surface area (Å²) in [6.07, 6.45) is 1.66. The molecule has 0 unspecified atom stereocenters. The van der Waals surface area contributed by atoms with Crippen LogP contribution < -0.4 is 15.4 Å². The van der Waals surface area contributed by atoms with Gasteiger partial charge in [-0.3, -0.25) is 9.79 Å². The zero-order valence-electron chi connectivity index (χ0n) is 17.5. The third-order valence-corrected chi connectivity index (χ3v) is 5.14. The van der Waals surface area contributed by atoms with Gasteiger partial charge in [-0.25, -0.2) is 0 Å². The highest BCUT2D eigenvalue weighted by Crippen LogP contribution is 2.19. The predicted molar refractivity (Wildman–Crippen MR) is 116 cm³/mol. The Hall–Kier alpha value is -3.02. The van der Waals surface area contributed by atoms with Crippen molar-refractivity contribution in [2.24, 2.45) is 4.99 Å². The van der Waals surface area contributed by atoms with Crippen LogP contribution in [-0.2, 0) is 24.4 Å². The van der Waals surface area contributed by atoms with Crippen LogP contribution in [0.15, 0.2) is 47.5 Å². The van der Waals surface area contributed by atoms with Crippen LogP contribution in [0, 0.1) is 6.92 Å². The molecule has 29 heavy (non-hydrogen) atoms. The first-order valence-electron chi connectivity index (χ1n) is 10.0. The second kappa shape index (κ2) is 9.96. The molecule has 0 radical (unpaired) electrons. The normalized spacial score (nSPS) is 14.2. The first kappa shape index (κ1) is 20.7. The molecule has 1 aliphatic heterocycles. The van der Waals surface area contributed by atoms with Crippen molar-refractivity contribution in [1.82, 2.24) is 15.5 Å². The molecule has 3 rings (SSSR count). The fourth-order valence-corrected chi connectivity index (χ4v) is 3.44. The third-order valence-electron chi connectivity index (χ3n) is 5.14. The molecule has 0 saturated carbocycles. The molecule has 1 fully saturated rings. The number of likely N-dealkylation sites (tertiary alicyclic amines) is 1. The number of nitrogens with zero attached hydrogens (tertiary/aromatic N) is 2. The van der Waals surface area contributed by atoms with Crippen LogP contribution in [0.2, 0.25) is 0 Å². The molecular weight excluding hydrogens is 364 g/mol. The predicted octanol–water partition coefficient (Wildman–Crippen LogP) is 2.99. The maximum atomic E-state index is 11.8. The number of rotatable bonds is 7. The van der Waals surface area contributed by atoms with E-state index in [-0.39, 0.29) is 5.91 Å². The van der Waals surface area contributed by atoms with Crippen LogP contribution in [0.1, 0.15) is 35.1 Å². The molecule has 6 nitrogen and oxygen atoms in total. The molecule has 0 aromatic heterocycles. The fraction of sp³-hybridized carbons (Fsp3) is 0.391. The van der Waals surface area contributed by atoms with Crippen LogP contribution in [0.25, 0.3) is 0 Å². The number of ether oxygens (including phenoxy) is 1. The number of methoxy groups -OCH3 is 1. The Bertz CT molecular complexity index is 862. The number of aryl methyl sites for hydroxylation is 1. The van der Waals surface area contributed by atoms with Gasteiger partial charge in [0.1, 0.15) is 5.75 Å². The number of aliphatic imine (C=N–C) groups is 1. The molecule has 0 atom stereocenters. The summed E-state index contributed by atoms with van der Waals surface area (Å²) in [5.41, 5.74) is 4.59. The molecule has 1 heterocycles. The van der Waals surface area contributed by atoms with Gasteiger partial charge < -0.3 is 20.3 Å². The molecule has 0 spiro atoms.